The lowest BCUT2D eigenvalue weighted by molar-refractivity contribution is -0.138. The first-order chi connectivity index (χ1) is 7.45. The number of nitrogens with two attached hydrogens (primary N) is 1. The van der Waals surface area contributed by atoms with Gasteiger partial charge < -0.3 is 10.8 Å². The van der Waals surface area contributed by atoms with Gasteiger partial charge in [0.2, 0.25) is 0 Å². The van der Waals surface area contributed by atoms with Gasteiger partial charge >= 0.3 is 5.97 Å². The number of rotatable bonds is 4. The quantitative estimate of drug-likeness (QED) is 0.794. The SMILES string of the molecule is CSc1cc(F)cc(CC(N)C(=O)O)c1F. The van der Waals surface area contributed by atoms with Gasteiger partial charge in [-0.1, -0.05) is 0 Å². The Kier molecular flexibility index (Phi) is 4.26. The molecule has 6 heteroatoms. The Morgan fingerprint density at radius 1 is 1.56 bits per heavy atom. The van der Waals surface area contributed by atoms with Crippen LogP contribution in [0.5, 0.6) is 0 Å². The molecule has 1 atom stereocenters. The van der Waals surface area contributed by atoms with Crippen LogP contribution in [0.15, 0.2) is 17.0 Å². The zero-order valence-electron chi connectivity index (χ0n) is 8.54. The molecule has 1 aromatic rings. The third-order valence-corrected chi connectivity index (χ3v) is 2.79. The molecule has 0 amide bonds. The summed E-state index contributed by atoms with van der Waals surface area (Å²) < 4.78 is 26.7. The van der Waals surface area contributed by atoms with Gasteiger partial charge in [-0.3, -0.25) is 4.79 Å². The molecule has 0 saturated heterocycles. The fourth-order valence-electron chi connectivity index (χ4n) is 1.24. The number of hydrogen-bond donors (Lipinski definition) is 2. The Balaban J connectivity index is 3.04. The van der Waals surface area contributed by atoms with Crippen molar-refractivity contribution < 1.29 is 18.7 Å². The Morgan fingerprint density at radius 3 is 2.69 bits per heavy atom. The number of aliphatic carboxylic acids is 1. The minimum absolute atomic E-state index is 0.0146. The molecular weight excluding hydrogens is 236 g/mol. The van der Waals surface area contributed by atoms with E-state index in [9.17, 15) is 13.6 Å². The number of hydrogen-bond acceptors (Lipinski definition) is 3. The second-order valence-corrected chi connectivity index (χ2v) is 4.08. The molecule has 0 fully saturated rings. The standard InChI is InChI=1S/C10H11F2NO2S/c1-16-8-4-6(11)2-5(9(8)12)3-7(13)10(14)15/h2,4,7H,3,13H2,1H3,(H,14,15). The van der Waals surface area contributed by atoms with Crippen LogP contribution in [-0.2, 0) is 11.2 Å². The Morgan fingerprint density at radius 2 is 2.19 bits per heavy atom. The average molecular weight is 247 g/mol. The normalized spacial score (nSPS) is 12.5. The number of halogens is 2. The fourth-order valence-corrected chi connectivity index (χ4v) is 1.78. The van der Waals surface area contributed by atoms with Crippen molar-refractivity contribution in [1.29, 1.82) is 0 Å². The Hall–Kier alpha value is -1.14. The van der Waals surface area contributed by atoms with Crippen molar-refractivity contribution in [2.75, 3.05) is 6.26 Å². The monoisotopic (exact) mass is 247 g/mol. The van der Waals surface area contributed by atoms with Gasteiger partial charge in [0.25, 0.3) is 0 Å². The summed E-state index contributed by atoms with van der Waals surface area (Å²) in [5.74, 6) is -2.45. The first-order valence-electron chi connectivity index (χ1n) is 4.46. The zero-order chi connectivity index (χ0) is 12.3. The molecule has 1 aromatic carbocycles. The van der Waals surface area contributed by atoms with E-state index >= 15 is 0 Å². The van der Waals surface area contributed by atoms with E-state index in [-0.39, 0.29) is 16.9 Å². The first kappa shape index (κ1) is 12.9. The highest BCUT2D eigenvalue weighted by Crippen LogP contribution is 2.24. The number of thioether (sulfide) groups is 1. The van der Waals surface area contributed by atoms with Gasteiger partial charge in [0.05, 0.1) is 0 Å². The summed E-state index contributed by atoms with van der Waals surface area (Å²) in [6, 6.07) is 0.805. The molecule has 0 bridgehead atoms. The van der Waals surface area contributed by atoms with Crippen LogP contribution in [-0.4, -0.2) is 23.4 Å². The maximum absolute atomic E-state index is 13.6. The minimum atomic E-state index is -1.24. The van der Waals surface area contributed by atoms with Gasteiger partial charge in [-0.15, -0.1) is 11.8 Å². The van der Waals surface area contributed by atoms with Crippen LogP contribution in [0.1, 0.15) is 5.56 Å². The van der Waals surface area contributed by atoms with Crippen LogP contribution in [0.3, 0.4) is 0 Å². The molecule has 3 N–H and O–H groups in total. The molecule has 1 rings (SSSR count). The molecule has 0 aliphatic heterocycles. The van der Waals surface area contributed by atoms with E-state index in [0.29, 0.717) is 0 Å². The summed E-state index contributed by atoms with van der Waals surface area (Å²) in [5.41, 5.74) is 5.25. The van der Waals surface area contributed by atoms with Crippen molar-refractivity contribution in [3.05, 3.63) is 29.3 Å². The van der Waals surface area contributed by atoms with Crippen molar-refractivity contribution in [3.63, 3.8) is 0 Å². The third kappa shape index (κ3) is 2.93. The predicted molar refractivity (Wildman–Crippen MR) is 57.5 cm³/mol. The summed E-state index contributed by atoms with van der Waals surface area (Å²) in [4.78, 5) is 10.7. The summed E-state index contributed by atoms with van der Waals surface area (Å²) in [5, 5.41) is 8.58. The van der Waals surface area contributed by atoms with Gasteiger partial charge in [-0.25, -0.2) is 8.78 Å². The first-order valence-corrected chi connectivity index (χ1v) is 5.68. The van der Waals surface area contributed by atoms with Gasteiger partial charge in [0.15, 0.2) is 0 Å². The van der Waals surface area contributed by atoms with E-state index in [4.69, 9.17) is 10.8 Å². The summed E-state index contributed by atoms with van der Waals surface area (Å²) >= 11 is 1.06. The molecular formula is C10H11F2NO2S. The molecule has 0 aliphatic rings. The lowest BCUT2D eigenvalue weighted by Crippen LogP contribution is -2.32. The maximum Gasteiger partial charge on any atom is 0.320 e. The van der Waals surface area contributed by atoms with Gasteiger partial charge in [-0.05, 0) is 24.0 Å². The van der Waals surface area contributed by atoms with Crippen LogP contribution in [0.25, 0.3) is 0 Å². The maximum atomic E-state index is 13.6. The Bertz CT molecular complexity index is 412. The lowest BCUT2D eigenvalue weighted by Gasteiger charge is -2.10. The number of carboxylic acid groups (broad SMARTS) is 1. The zero-order valence-corrected chi connectivity index (χ0v) is 9.35. The molecule has 16 heavy (non-hydrogen) atoms. The Labute approximate surface area is 95.6 Å². The second kappa shape index (κ2) is 5.27. The van der Waals surface area contributed by atoms with Crippen LogP contribution >= 0.6 is 11.8 Å². The smallest absolute Gasteiger partial charge is 0.320 e. The highest BCUT2D eigenvalue weighted by molar-refractivity contribution is 7.98. The second-order valence-electron chi connectivity index (χ2n) is 3.23. The summed E-state index contributed by atoms with van der Waals surface area (Å²) in [7, 11) is 0. The van der Waals surface area contributed by atoms with Gasteiger partial charge in [0, 0.05) is 11.3 Å². The van der Waals surface area contributed by atoms with Crippen molar-refractivity contribution >= 4 is 17.7 Å². The molecule has 0 saturated carbocycles. The van der Waals surface area contributed by atoms with Gasteiger partial charge in [-0.2, -0.15) is 0 Å². The van der Waals surface area contributed by atoms with E-state index in [1.54, 1.807) is 6.26 Å². The fraction of sp³-hybridized carbons (Fsp3) is 0.300. The molecule has 0 radical (unpaired) electrons. The van der Waals surface area contributed by atoms with Crippen LogP contribution in [0.4, 0.5) is 8.78 Å². The number of carbonyl (C=O) groups is 1. The van der Waals surface area contributed by atoms with Crippen molar-refractivity contribution in [2.45, 2.75) is 17.4 Å². The summed E-state index contributed by atoms with van der Waals surface area (Å²) in [6.45, 7) is 0. The van der Waals surface area contributed by atoms with Crippen LogP contribution < -0.4 is 5.73 Å². The lowest BCUT2D eigenvalue weighted by atomic mass is 10.1. The molecule has 0 spiro atoms. The van der Waals surface area contributed by atoms with Crippen molar-refractivity contribution in [3.8, 4) is 0 Å². The highest BCUT2D eigenvalue weighted by Gasteiger charge is 2.17. The van der Waals surface area contributed by atoms with Crippen molar-refractivity contribution in [1.82, 2.24) is 0 Å². The highest BCUT2D eigenvalue weighted by atomic mass is 32.2. The topological polar surface area (TPSA) is 63.3 Å². The van der Waals surface area contributed by atoms with E-state index in [1.165, 1.54) is 0 Å². The number of benzene rings is 1. The molecule has 3 nitrogen and oxygen atoms in total. The minimum Gasteiger partial charge on any atom is -0.480 e. The number of carboxylic acids is 1. The van der Waals surface area contributed by atoms with E-state index in [2.05, 4.69) is 0 Å². The van der Waals surface area contributed by atoms with E-state index in [1.807, 2.05) is 0 Å². The largest absolute Gasteiger partial charge is 0.480 e. The molecule has 0 aromatic heterocycles. The van der Waals surface area contributed by atoms with Crippen LogP contribution in [0, 0.1) is 11.6 Å². The third-order valence-electron chi connectivity index (χ3n) is 2.06. The van der Waals surface area contributed by atoms with Gasteiger partial charge in [0.1, 0.15) is 17.7 Å². The average Bonchev–Trinajstić information content (AvgIpc) is 2.22. The molecule has 0 aliphatic carbocycles. The summed E-state index contributed by atoms with van der Waals surface area (Å²) in [6.07, 6.45) is 1.38. The molecule has 0 heterocycles. The van der Waals surface area contributed by atoms with E-state index < -0.39 is 23.6 Å². The predicted octanol–water partition coefficient (Wildman–Crippen LogP) is 1.64. The van der Waals surface area contributed by atoms with E-state index in [0.717, 1.165) is 23.9 Å². The molecule has 88 valence electrons. The van der Waals surface area contributed by atoms with Crippen LogP contribution in [0.2, 0.25) is 0 Å². The van der Waals surface area contributed by atoms with Crippen molar-refractivity contribution in [2.24, 2.45) is 5.73 Å². The molecule has 1 unspecified atom stereocenters.